The number of nitrogens with zero attached hydrogens (tertiary/aromatic N) is 5. The van der Waals surface area contributed by atoms with Gasteiger partial charge in [-0.1, -0.05) is 17.7 Å². The van der Waals surface area contributed by atoms with Gasteiger partial charge in [-0.2, -0.15) is 10.2 Å². The van der Waals surface area contributed by atoms with E-state index in [1.807, 2.05) is 0 Å². The number of hydrogen-bond acceptors (Lipinski definition) is 5. The molecule has 4 saturated carbocycles. The van der Waals surface area contributed by atoms with Gasteiger partial charge < -0.3 is 5.32 Å². The normalized spacial score (nSPS) is 26.0. The minimum absolute atomic E-state index is 0.186. The van der Waals surface area contributed by atoms with Crippen molar-refractivity contribution < 1.29 is 14.1 Å². The highest BCUT2D eigenvalue weighted by molar-refractivity contribution is 6.31. The Kier molecular flexibility index (Phi) is 5.63. The maximum absolute atomic E-state index is 13.4. The SMILES string of the molecule is Cc1nn(Cc2ccc(F)cc2Cl)c(C)c1NC(=O)c1nn(C23CC4CC(CC(C4)C2)C3)cc1[N+](=O)[O-]. The van der Waals surface area contributed by atoms with Gasteiger partial charge in [0, 0.05) is 5.02 Å². The van der Waals surface area contributed by atoms with Gasteiger partial charge in [0.25, 0.3) is 5.91 Å². The van der Waals surface area contributed by atoms with Crippen molar-refractivity contribution in [2.75, 3.05) is 5.32 Å². The van der Waals surface area contributed by atoms with E-state index in [0.717, 1.165) is 19.3 Å². The summed E-state index contributed by atoms with van der Waals surface area (Å²) >= 11 is 6.18. The van der Waals surface area contributed by atoms with Gasteiger partial charge in [0.05, 0.1) is 34.1 Å². The Bertz CT molecular complexity index is 1390. The van der Waals surface area contributed by atoms with Crippen LogP contribution in [0, 0.1) is 47.5 Å². The van der Waals surface area contributed by atoms with Crippen LogP contribution in [-0.4, -0.2) is 30.4 Å². The topological polar surface area (TPSA) is 108 Å². The first-order chi connectivity index (χ1) is 17.6. The van der Waals surface area contributed by atoms with Crippen molar-refractivity contribution in [3.63, 3.8) is 0 Å². The molecule has 11 heteroatoms. The Morgan fingerprint density at radius 1 is 1.19 bits per heavy atom. The lowest BCUT2D eigenvalue weighted by Crippen LogP contribution is -2.52. The van der Waals surface area contributed by atoms with Gasteiger partial charge in [0.15, 0.2) is 0 Å². The molecule has 0 unspecified atom stereocenters. The maximum atomic E-state index is 13.4. The van der Waals surface area contributed by atoms with E-state index in [9.17, 15) is 19.3 Å². The van der Waals surface area contributed by atoms with Crippen LogP contribution < -0.4 is 5.32 Å². The fraction of sp³-hybridized carbons (Fsp3) is 0.500. The maximum Gasteiger partial charge on any atom is 0.320 e. The number of nitrogens with one attached hydrogen (secondary N) is 1. The summed E-state index contributed by atoms with van der Waals surface area (Å²) in [7, 11) is 0. The molecule has 9 nitrogen and oxygen atoms in total. The van der Waals surface area contributed by atoms with Crippen molar-refractivity contribution in [2.45, 2.75) is 64.5 Å². The Morgan fingerprint density at radius 2 is 1.84 bits per heavy atom. The molecule has 1 N–H and O–H groups in total. The predicted octanol–water partition coefficient (Wildman–Crippen LogP) is 5.62. The van der Waals surface area contributed by atoms with Crippen LogP contribution in [0.15, 0.2) is 24.4 Å². The summed E-state index contributed by atoms with van der Waals surface area (Å²) in [6, 6.07) is 4.16. The molecule has 0 spiro atoms. The second kappa shape index (κ2) is 8.65. The van der Waals surface area contributed by atoms with E-state index in [1.54, 1.807) is 29.3 Å². The van der Waals surface area contributed by atoms with E-state index in [2.05, 4.69) is 15.5 Å². The Hall–Kier alpha value is -3.27. The minimum Gasteiger partial charge on any atom is -0.317 e. The number of halogens is 2. The van der Waals surface area contributed by atoms with Crippen LogP contribution in [-0.2, 0) is 12.1 Å². The van der Waals surface area contributed by atoms with Crippen LogP contribution in [0.25, 0.3) is 0 Å². The van der Waals surface area contributed by atoms with Crippen molar-refractivity contribution >= 4 is 28.9 Å². The van der Waals surface area contributed by atoms with E-state index in [-0.39, 0.29) is 28.5 Å². The van der Waals surface area contributed by atoms with Crippen LogP contribution in [0.5, 0.6) is 0 Å². The van der Waals surface area contributed by atoms with Gasteiger partial charge in [0.2, 0.25) is 5.69 Å². The molecule has 1 amide bonds. The number of carbonyl (C=O) groups excluding carboxylic acids is 1. The number of hydrogen-bond donors (Lipinski definition) is 1. The van der Waals surface area contributed by atoms with E-state index in [4.69, 9.17) is 11.6 Å². The molecule has 7 rings (SSSR count). The van der Waals surface area contributed by atoms with Crippen LogP contribution in [0.3, 0.4) is 0 Å². The van der Waals surface area contributed by atoms with Crippen molar-refractivity contribution in [3.8, 4) is 0 Å². The molecular formula is C26H28ClFN6O3. The second-order valence-corrected chi connectivity index (χ2v) is 11.5. The van der Waals surface area contributed by atoms with Crippen LogP contribution in [0.2, 0.25) is 5.02 Å². The number of carbonyl (C=O) groups is 1. The fourth-order valence-corrected chi connectivity index (χ4v) is 7.49. The van der Waals surface area contributed by atoms with Crippen LogP contribution in [0.1, 0.15) is 66.0 Å². The molecule has 194 valence electrons. The van der Waals surface area contributed by atoms with Gasteiger partial charge in [-0.05, 0) is 87.8 Å². The highest BCUT2D eigenvalue weighted by Crippen LogP contribution is 2.58. The summed E-state index contributed by atoms with van der Waals surface area (Å²) in [5.74, 6) is 0.845. The fourth-order valence-electron chi connectivity index (χ4n) is 7.26. The zero-order valence-corrected chi connectivity index (χ0v) is 21.5. The molecule has 4 bridgehead atoms. The molecule has 0 saturated heterocycles. The molecule has 1 aromatic carbocycles. The highest BCUT2D eigenvalue weighted by atomic mass is 35.5. The molecule has 4 aliphatic rings. The number of aryl methyl sites for hydroxylation is 1. The third kappa shape index (κ3) is 4.11. The summed E-state index contributed by atoms with van der Waals surface area (Å²) in [5.41, 5.74) is 1.63. The molecule has 0 aliphatic heterocycles. The zero-order valence-electron chi connectivity index (χ0n) is 20.7. The van der Waals surface area contributed by atoms with Gasteiger partial charge in [0.1, 0.15) is 12.0 Å². The first kappa shape index (κ1) is 24.1. The number of anilines is 1. The van der Waals surface area contributed by atoms with Gasteiger partial charge in [-0.15, -0.1) is 0 Å². The second-order valence-electron chi connectivity index (χ2n) is 11.1. The molecule has 37 heavy (non-hydrogen) atoms. The number of rotatable bonds is 6. The summed E-state index contributed by atoms with van der Waals surface area (Å²) in [5, 5.41) is 24.1. The lowest BCUT2D eigenvalue weighted by molar-refractivity contribution is -0.385. The van der Waals surface area contributed by atoms with E-state index >= 15 is 0 Å². The molecular weight excluding hydrogens is 499 g/mol. The molecule has 4 aliphatic carbocycles. The van der Waals surface area contributed by atoms with Gasteiger partial charge >= 0.3 is 5.69 Å². The largest absolute Gasteiger partial charge is 0.320 e. The lowest BCUT2D eigenvalue weighted by atomic mass is 9.53. The first-order valence-electron chi connectivity index (χ1n) is 12.7. The van der Waals surface area contributed by atoms with Crippen molar-refractivity contribution in [3.05, 3.63) is 68.0 Å². The number of benzene rings is 1. The molecule has 0 radical (unpaired) electrons. The van der Waals surface area contributed by atoms with Crippen molar-refractivity contribution in [2.24, 2.45) is 17.8 Å². The first-order valence-corrected chi connectivity index (χ1v) is 13.0. The van der Waals surface area contributed by atoms with Crippen molar-refractivity contribution in [1.29, 1.82) is 0 Å². The molecule has 4 fully saturated rings. The quantitative estimate of drug-likeness (QED) is 0.331. The average Bonchev–Trinajstić information content (AvgIpc) is 3.39. The Labute approximate surface area is 218 Å². The third-order valence-corrected chi connectivity index (χ3v) is 8.91. The summed E-state index contributed by atoms with van der Waals surface area (Å²) in [4.78, 5) is 24.8. The van der Waals surface area contributed by atoms with Crippen LogP contribution >= 0.6 is 11.6 Å². The third-order valence-electron chi connectivity index (χ3n) is 8.55. The summed E-state index contributed by atoms with van der Waals surface area (Å²) < 4.78 is 16.8. The van der Waals surface area contributed by atoms with E-state index in [0.29, 0.717) is 40.4 Å². The highest BCUT2D eigenvalue weighted by Gasteiger charge is 2.53. The zero-order chi connectivity index (χ0) is 26.1. The summed E-state index contributed by atoms with van der Waals surface area (Å²) in [6.45, 7) is 3.81. The Balaban J connectivity index is 1.28. The average molecular weight is 527 g/mol. The number of aromatic nitrogens is 4. The summed E-state index contributed by atoms with van der Waals surface area (Å²) in [6.07, 6.45) is 8.08. The van der Waals surface area contributed by atoms with Gasteiger partial charge in [-0.25, -0.2) is 4.39 Å². The molecule has 0 atom stereocenters. The molecule has 2 heterocycles. The number of amides is 1. The Morgan fingerprint density at radius 3 is 2.43 bits per heavy atom. The lowest BCUT2D eigenvalue weighted by Gasteiger charge is -2.56. The smallest absolute Gasteiger partial charge is 0.317 e. The standard InChI is InChI=1S/C26H28ClFN6O3/c1-14-23(15(2)32(30-14)12-19-3-4-20(28)8-21(19)27)29-25(35)24-22(34(36)37)13-33(31-24)26-9-16-5-17(10-26)7-18(6-16)11-26/h3-4,8,13,16-18H,5-7,9-12H2,1-2H3,(H,29,35). The van der Waals surface area contributed by atoms with Gasteiger partial charge in [-0.3, -0.25) is 24.3 Å². The minimum atomic E-state index is -0.638. The van der Waals surface area contributed by atoms with E-state index in [1.165, 1.54) is 37.6 Å². The van der Waals surface area contributed by atoms with Crippen molar-refractivity contribution in [1.82, 2.24) is 19.6 Å². The van der Waals surface area contributed by atoms with E-state index < -0.39 is 16.6 Å². The molecule has 2 aromatic heterocycles. The molecule has 3 aromatic rings. The van der Waals surface area contributed by atoms with Crippen LogP contribution in [0.4, 0.5) is 15.8 Å². The predicted molar refractivity (Wildman–Crippen MR) is 135 cm³/mol. The monoisotopic (exact) mass is 526 g/mol. The number of nitro groups is 1.